The predicted molar refractivity (Wildman–Crippen MR) is 403 cm³/mol. The molecule has 0 aliphatic heterocycles. The molecule has 6 aromatic rings. The fourth-order valence-electron chi connectivity index (χ4n) is 12.7. The number of unbranched alkanes of at least 4 members (excludes halogenated alkanes) is 36. The van der Waals surface area contributed by atoms with Crippen LogP contribution in [0.15, 0.2) is 48.5 Å². The van der Waals surface area contributed by atoms with Crippen molar-refractivity contribution in [2.45, 2.75) is 340 Å². The van der Waals surface area contributed by atoms with Crippen LogP contribution in [0.4, 0.5) is 0 Å². The van der Waals surface area contributed by atoms with E-state index in [1.54, 1.807) is 40.0 Å². The van der Waals surface area contributed by atoms with Gasteiger partial charge in [-0.25, -0.2) is 0 Å². The summed E-state index contributed by atoms with van der Waals surface area (Å²) in [5, 5.41) is 0. The zero-order valence-corrected chi connectivity index (χ0v) is 73.2. The van der Waals surface area contributed by atoms with Gasteiger partial charge < -0.3 is 0 Å². The number of hydrogen-bond acceptors (Lipinski definition) is 0. The van der Waals surface area contributed by atoms with Gasteiger partial charge in [0.2, 0.25) is 0 Å². The van der Waals surface area contributed by atoms with Gasteiger partial charge >= 0.3 is 530 Å². The summed E-state index contributed by atoms with van der Waals surface area (Å²) in [6, 6.07) is 21.9. The van der Waals surface area contributed by atoms with Gasteiger partial charge in [-0.05, 0) is 0 Å². The van der Waals surface area contributed by atoms with Gasteiger partial charge in [-0.3, -0.25) is 0 Å². The molecule has 0 bridgehead atoms. The molecular formula is C78H126Se6Sn2. The molecule has 0 fully saturated rings. The summed E-state index contributed by atoms with van der Waals surface area (Å²) >= 11 is -1.65. The summed E-state index contributed by atoms with van der Waals surface area (Å²) in [4.78, 5) is 16.2. The quantitative estimate of drug-likeness (QED) is 0.0264. The first kappa shape index (κ1) is 76.6. The molecule has 0 atom stereocenters. The second-order valence-electron chi connectivity index (χ2n) is 28.4. The third-order valence-electron chi connectivity index (χ3n) is 18.3. The molecule has 0 amide bonds. The van der Waals surface area contributed by atoms with Gasteiger partial charge in [-0.2, -0.15) is 0 Å². The monoisotopic (exact) mass is 1780 g/mol. The Kier molecular flexibility index (Phi) is 39.5. The van der Waals surface area contributed by atoms with Gasteiger partial charge in [0.15, 0.2) is 0 Å². The summed E-state index contributed by atoms with van der Waals surface area (Å²) in [5.74, 6) is 0. The van der Waals surface area contributed by atoms with E-state index in [1.165, 1.54) is 283 Å². The van der Waals surface area contributed by atoms with Crippen molar-refractivity contribution in [2.24, 2.45) is 0 Å². The Labute approximate surface area is 576 Å². The summed E-state index contributed by atoms with van der Waals surface area (Å²) < 4.78 is 21.8. The fourth-order valence-corrected chi connectivity index (χ4v) is 46.1. The average molecular weight is 1780 g/mol. The van der Waals surface area contributed by atoms with Gasteiger partial charge in [0.05, 0.1) is 0 Å². The summed E-state index contributed by atoms with van der Waals surface area (Å²) in [7, 11) is 0. The van der Waals surface area contributed by atoms with Crippen LogP contribution in [0.3, 0.4) is 0 Å². The van der Waals surface area contributed by atoms with Crippen molar-refractivity contribution in [3.63, 3.8) is 0 Å². The SMILES string of the molecule is CCCCCCCCCCCCc1cc(-c2[se][c]([Sn]([CH3])([CH3])[CH3])cc2CCCCCCCCCCCC)[se]c1-c1ccc(-c2ccc(-c3[se]c(-c4[se][c]([Sn]([CH3])([CH3])[CH3])cc4CCCCCCCCCCCC)cc3CCCCCCCCCCCC)[se]2)[se]1. The Morgan fingerprint density at radius 2 is 0.430 bits per heavy atom. The van der Waals surface area contributed by atoms with Crippen LogP contribution in [0.1, 0.15) is 307 Å². The van der Waals surface area contributed by atoms with Crippen LogP contribution in [-0.4, -0.2) is 124 Å². The molecule has 0 aliphatic rings. The average Bonchev–Trinajstić information content (AvgIpc) is 2.16. The third-order valence-corrected chi connectivity index (χ3v) is 65.3. The molecule has 482 valence electrons. The van der Waals surface area contributed by atoms with E-state index >= 15 is 0 Å². The Morgan fingerprint density at radius 1 is 0.221 bits per heavy atom. The zero-order chi connectivity index (χ0) is 61.2. The molecule has 0 saturated carbocycles. The molecule has 6 rings (SSSR count). The first-order valence-electron chi connectivity index (χ1n) is 36.6. The van der Waals surface area contributed by atoms with E-state index in [0.29, 0.717) is 87.0 Å². The van der Waals surface area contributed by atoms with Crippen LogP contribution < -0.4 is 4.91 Å². The number of hydrogen-bond donors (Lipinski definition) is 0. The van der Waals surface area contributed by atoms with Crippen LogP contribution in [0.2, 0.25) is 29.6 Å². The van der Waals surface area contributed by atoms with Gasteiger partial charge in [0.25, 0.3) is 0 Å². The molecular weight excluding hydrogens is 1650 g/mol. The van der Waals surface area contributed by atoms with Crippen molar-refractivity contribution >= 4 is 129 Å². The molecule has 6 aromatic heterocycles. The normalized spacial score (nSPS) is 12.3. The van der Waals surface area contributed by atoms with E-state index in [9.17, 15) is 0 Å². The van der Waals surface area contributed by atoms with Crippen LogP contribution in [0, 0.1) is 0 Å². The number of rotatable bonds is 51. The maximum absolute atomic E-state index is 2.84. The van der Waals surface area contributed by atoms with Gasteiger partial charge in [0, 0.05) is 0 Å². The molecule has 0 unspecified atom stereocenters. The van der Waals surface area contributed by atoms with Crippen LogP contribution in [0.5, 0.6) is 0 Å². The summed E-state index contributed by atoms with van der Waals surface area (Å²) in [5.41, 5.74) is 7.11. The molecule has 86 heavy (non-hydrogen) atoms. The van der Waals surface area contributed by atoms with Crippen LogP contribution >= 0.6 is 0 Å². The standard InChI is InChI=1S/C72H108Se6.6CH3.2Sn/c1-5-9-13-17-21-25-29-33-37-41-45-59-53-55-73-69(59)67-57-61(47-43-39-35-31-27-23-19-15-11-7-3)71(77-67)65-51-49-63(75-65)64-50-52-66(76-64)72-62(48-44-40-36-32-28-24-20-16-12-8-4)58-68(78-72)70-60(54-56-74-70)46-42-38-34-30-26-22-18-14-10-6-2;;;;;;;;/h49-54,57-58H,5-48H2,1-4H3;6*1H3;;. The molecule has 0 aromatic carbocycles. The minimum absolute atomic E-state index is 0.401. The molecule has 0 spiro atoms. The van der Waals surface area contributed by atoms with E-state index in [-0.39, 0.29) is 0 Å². The van der Waals surface area contributed by atoms with Gasteiger partial charge in [0.1, 0.15) is 0 Å². The van der Waals surface area contributed by atoms with Crippen molar-refractivity contribution in [3.8, 4) is 44.4 Å². The molecule has 0 radical (unpaired) electrons. The molecule has 6 heterocycles. The van der Waals surface area contributed by atoms with Crippen LogP contribution in [-0.2, 0) is 25.7 Å². The van der Waals surface area contributed by atoms with Gasteiger partial charge in [-0.1, -0.05) is 53.4 Å². The van der Waals surface area contributed by atoms with Crippen molar-refractivity contribution < 1.29 is 0 Å². The van der Waals surface area contributed by atoms with Crippen molar-refractivity contribution in [2.75, 3.05) is 0 Å². The summed E-state index contributed by atoms with van der Waals surface area (Å²) in [6.07, 6.45) is 62.2. The zero-order valence-electron chi connectivity index (χ0n) is 57.2. The van der Waals surface area contributed by atoms with E-state index in [0.717, 1.165) is 0 Å². The van der Waals surface area contributed by atoms with Gasteiger partial charge in [-0.15, -0.1) is 0 Å². The van der Waals surface area contributed by atoms with Crippen molar-refractivity contribution in [3.05, 3.63) is 70.8 Å². The Bertz CT molecular complexity index is 2500. The minimum atomic E-state index is -2.19. The fraction of sp³-hybridized carbons (Fsp3) is 0.692. The molecule has 0 nitrogen and oxygen atoms in total. The maximum atomic E-state index is 2.84. The van der Waals surface area contributed by atoms with E-state index in [1.807, 2.05) is 31.5 Å². The van der Waals surface area contributed by atoms with E-state index in [4.69, 9.17) is 0 Å². The number of aryl methyl sites for hydroxylation is 4. The van der Waals surface area contributed by atoms with Crippen molar-refractivity contribution in [1.82, 2.24) is 0 Å². The molecule has 0 saturated heterocycles. The predicted octanol–water partition coefficient (Wildman–Crippen LogP) is 23.3. The van der Waals surface area contributed by atoms with Crippen molar-refractivity contribution in [1.29, 1.82) is 0 Å². The first-order valence-corrected chi connectivity index (χ1v) is 66.8. The molecule has 0 N–H and O–H groups in total. The topological polar surface area (TPSA) is 0 Å². The summed E-state index contributed by atoms with van der Waals surface area (Å²) in [6.45, 7) is 9.37. The van der Waals surface area contributed by atoms with E-state index < -0.39 is 36.8 Å². The second-order valence-corrected chi connectivity index (χ2v) is 75.2. The third kappa shape index (κ3) is 28.1. The molecule has 0 aliphatic carbocycles. The second kappa shape index (κ2) is 44.4. The Hall–Kier alpha value is 1.59. The first-order chi connectivity index (χ1) is 41.8. The Balaban J connectivity index is 1.23. The Morgan fingerprint density at radius 3 is 0.674 bits per heavy atom. The molecule has 8 heteroatoms. The van der Waals surface area contributed by atoms with E-state index in [2.05, 4.69) is 106 Å². The van der Waals surface area contributed by atoms with Crippen LogP contribution in [0.25, 0.3) is 44.4 Å².